The molecular formula is C28H31NO4. The molecule has 0 bridgehead atoms. The van der Waals surface area contributed by atoms with Gasteiger partial charge < -0.3 is 19.1 Å². The molecule has 1 heterocycles. The minimum Gasteiger partial charge on any atom is -0.493 e. The maximum absolute atomic E-state index is 13.7. The van der Waals surface area contributed by atoms with E-state index in [1.165, 1.54) is 0 Å². The largest absolute Gasteiger partial charge is 0.493 e. The van der Waals surface area contributed by atoms with Gasteiger partial charge in [-0.15, -0.1) is 0 Å². The van der Waals surface area contributed by atoms with Crippen LogP contribution in [0.25, 0.3) is 0 Å². The van der Waals surface area contributed by atoms with Gasteiger partial charge in [0.15, 0.2) is 11.5 Å². The fraction of sp³-hybridized carbons (Fsp3) is 0.321. The van der Waals surface area contributed by atoms with Gasteiger partial charge in [-0.2, -0.15) is 0 Å². The van der Waals surface area contributed by atoms with Gasteiger partial charge >= 0.3 is 0 Å². The number of ether oxygens (including phenoxy) is 3. The summed E-state index contributed by atoms with van der Waals surface area (Å²) in [5.74, 6) is 2.17. The molecule has 33 heavy (non-hydrogen) atoms. The number of aryl methyl sites for hydroxylation is 3. The normalized spacial score (nSPS) is 15.1. The molecule has 0 aliphatic carbocycles. The number of hydrogen-bond acceptors (Lipinski definition) is 4. The van der Waals surface area contributed by atoms with Crippen LogP contribution in [0.1, 0.15) is 44.2 Å². The Balaban J connectivity index is 1.73. The van der Waals surface area contributed by atoms with Crippen molar-refractivity contribution >= 4 is 5.91 Å². The lowest BCUT2D eigenvalue weighted by molar-refractivity contribution is 0.0588. The van der Waals surface area contributed by atoms with Gasteiger partial charge in [-0.05, 0) is 85.3 Å². The quantitative estimate of drug-likeness (QED) is 0.506. The molecule has 0 saturated heterocycles. The minimum atomic E-state index is -0.249. The van der Waals surface area contributed by atoms with Gasteiger partial charge in [0, 0.05) is 12.1 Å². The van der Waals surface area contributed by atoms with Gasteiger partial charge in [0.1, 0.15) is 12.4 Å². The molecule has 0 spiro atoms. The van der Waals surface area contributed by atoms with Crippen LogP contribution >= 0.6 is 0 Å². The third-order valence-corrected chi connectivity index (χ3v) is 6.24. The smallest absolute Gasteiger partial charge is 0.254 e. The second-order valence-corrected chi connectivity index (χ2v) is 8.62. The molecule has 1 aliphatic heterocycles. The summed E-state index contributed by atoms with van der Waals surface area (Å²) in [7, 11) is 3.27. The molecule has 0 saturated carbocycles. The van der Waals surface area contributed by atoms with Gasteiger partial charge in [0.05, 0.1) is 20.3 Å². The predicted octanol–water partition coefficient (Wildman–Crippen LogP) is 5.45. The molecule has 0 aromatic heterocycles. The van der Waals surface area contributed by atoms with Gasteiger partial charge in [0.2, 0.25) is 0 Å². The monoisotopic (exact) mass is 445 g/mol. The van der Waals surface area contributed by atoms with Crippen LogP contribution in [0.4, 0.5) is 0 Å². The number of methoxy groups -OCH3 is 2. The summed E-state index contributed by atoms with van der Waals surface area (Å²) < 4.78 is 17.4. The maximum atomic E-state index is 13.7. The van der Waals surface area contributed by atoms with E-state index >= 15 is 0 Å². The number of fused-ring (bicyclic) bond motifs is 1. The number of amides is 1. The van der Waals surface area contributed by atoms with Gasteiger partial charge in [-0.25, -0.2) is 0 Å². The standard InChI is InChI=1S/C28H31NO4/c1-18-12-19(2)14-22(13-18)33-17-25-24-16-27(32-5)26(31-4)15-21(24)10-11-29(25)28(30)23-9-7-6-8-20(23)3/h6-9,12-16,25H,10-11,17H2,1-5H3. The Hall–Kier alpha value is -3.47. The minimum absolute atomic E-state index is 0.0163. The number of carbonyl (C=O) groups excluding carboxylic acids is 1. The Kier molecular flexibility index (Phi) is 6.59. The molecule has 1 atom stereocenters. The van der Waals surface area contributed by atoms with Crippen LogP contribution in [-0.2, 0) is 6.42 Å². The number of rotatable bonds is 6. The van der Waals surface area contributed by atoms with E-state index in [9.17, 15) is 4.79 Å². The summed E-state index contributed by atoms with van der Waals surface area (Å²) >= 11 is 0. The van der Waals surface area contributed by atoms with Crippen LogP contribution in [-0.4, -0.2) is 38.2 Å². The van der Waals surface area contributed by atoms with Crippen LogP contribution < -0.4 is 14.2 Å². The Labute approximate surface area is 195 Å². The first-order valence-corrected chi connectivity index (χ1v) is 11.2. The zero-order valence-electron chi connectivity index (χ0n) is 20.0. The zero-order valence-corrected chi connectivity index (χ0v) is 20.0. The number of carbonyl (C=O) groups is 1. The number of benzene rings is 3. The third-order valence-electron chi connectivity index (χ3n) is 6.24. The molecule has 3 aromatic rings. The summed E-state index contributed by atoms with van der Waals surface area (Å²) in [5, 5.41) is 0. The van der Waals surface area contributed by atoms with Crippen molar-refractivity contribution in [3.8, 4) is 17.2 Å². The second kappa shape index (κ2) is 9.57. The first-order chi connectivity index (χ1) is 15.9. The van der Waals surface area contributed by atoms with E-state index in [0.29, 0.717) is 24.7 Å². The third kappa shape index (κ3) is 4.68. The molecule has 1 aliphatic rings. The van der Waals surface area contributed by atoms with Crippen molar-refractivity contribution in [2.24, 2.45) is 0 Å². The molecule has 5 nitrogen and oxygen atoms in total. The fourth-order valence-corrected chi connectivity index (χ4v) is 4.61. The predicted molar refractivity (Wildman–Crippen MR) is 130 cm³/mol. The highest BCUT2D eigenvalue weighted by Crippen LogP contribution is 2.39. The second-order valence-electron chi connectivity index (χ2n) is 8.62. The summed E-state index contributed by atoms with van der Waals surface area (Å²) in [6.45, 7) is 7.04. The Morgan fingerprint density at radius 3 is 2.27 bits per heavy atom. The number of nitrogens with zero attached hydrogens (tertiary/aromatic N) is 1. The fourth-order valence-electron chi connectivity index (χ4n) is 4.61. The van der Waals surface area contributed by atoms with Crippen LogP contribution in [0.2, 0.25) is 0 Å². The summed E-state index contributed by atoms with van der Waals surface area (Å²) in [6.07, 6.45) is 0.743. The molecule has 1 amide bonds. The van der Waals surface area contributed by atoms with Crippen molar-refractivity contribution in [3.63, 3.8) is 0 Å². The highest BCUT2D eigenvalue weighted by molar-refractivity contribution is 5.96. The molecule has 3 aromatic carbocycles. The lowest BCUT2D eigenvalue weighted by Gasteiger charge is -2.38. The first kappa shape index (κ1) is 22.7. The first-order valence-electron chi connectivity index (χ1n) is 11.2. The van der Waals surface area contributed by atoms with Crippen molar-refractivity contribution in [1.82, 2.24) is 4.90 Å². The van der Waals surface area contributed by atoms with Crippen LogP contribution in [0.5, 0.6) is 17.2 Å². The topological polar surface area (TPSA) is 48.0 Å². The lowest BCUT2D eigenvalue weighted by Crippen LogP contribution is -2.42. The van der Waals surface area contributed by atoms with Crippen molar-refractivity contribution in [2.45, 2.75) is 33.2 Å². The maximum Gasteiger partial charge on any atom is 0.254 e. The Morgan fingerprint density at radius 1 is 0.939 bits per heavy atom. The average molecular weight is 446 g/mol. The molecule has 0 fully saturated rings. The highest BCUT2D eigenvalue weighted by atomic mass is 16.5. The molecule has 172 valence electrons. The van der Waals surface area contributed by atoms with E-state index in [2.05, 4.69) is 19.9 Å². The SMILES string of the molecule is COc1cc2c(cc1OC)C(COc1cc(C)cc(C)c1)N(C(=O)c1ccccc1C)CC2. The average Bonchev–Trinajstić information content (AvgIpc) is 2.80. The number of hydrogen-bond donors (Lipinski definition) is 0. The van der Waals surface area contributed by atoms with Crippen LogP contribution in [0.15, 0.2) is 54.6 Å². The lowest BCUT2D eigenvalue weighted by atomic mass is 9.91. The van der Waals surface area contributed by atoms with Gasteiger partial charge in [0.25, 0.3) is 5.91 Å². The van der Waals surface area contributed by atoms with E-state index in [4.69, 9.17) is 14.2 Å². The van der Waals surface area contributed by atoms with E-state index in [-0.39, 0.29) is 11.9 Å². The van der Waals surface area contributed by atoms with Crippen molar-refractivity contribution < 1.29 is 19.0 Å². The molecule has 0 N–H and O–H groups in total. The summed E-state index contributed by atoms with van der Waals surface area (Å²) in [5.41, 5.74) is 6.16. The van der Waals surface area contributed by atoms with E-state index < -0.39 is 0 Å². The Morgan fingerprint density at radius 2 is 1.61 bits per heavy atom. The summed E-state index contributed by atoms with van der Waals surface area (Å²) in [6, 6.07) is 17.7. The van der Waals surface area contributed by atoms with E-state index in [1.54, 1.807) is 14.2 Å². The zero-order chi connectivity index (χ0) is 23.5. The Bertz CT molecular complexity index is 1150. The highest BCUT2D eigenvalue weighted by Gasteiger charge is 2.33. The molecule has 1 unspecified atom stereocenters. The molecule has 5 heteroatoms. The summed E-state index contributed by atoms with van der Waals surface area (Å²) in [4.78, 5) is 15.6. The van der Waals surface area contributed by atoms with Crippen molar-refractivity contribution in [2.75, 3.05) is 27.4 Å². The van der Waals surface area contributed by atoms with Crippen molar-refractivity contribution in [3.05, 3.63) is 88.0 Å². The van der Waals surface area contributed by atoms with Gasteiger partial charge in [-0.3, -0.25) is 4.79 Å². The molecule has 0 radical (unpaired) electrons. The van der Waals surface area contributed by atoms with Crippen LogP contribution in [0, 0.1) is 20.8 Å². The van der Waals surface area contributed by atoms with E-state index in [1.807, 2.05) is 60.4 Å². The molecular weight excluding hydrogens is 414 g/mol. The van der Waals surface area contributed by atoms with Crippen LogP contribution in [0.3, 0.4) is 0 Å². The van der Waals surface area contributed by atoms with Gasteiger partial charge in [-0.1, -0.05) is 24.3 Å². The molecule has 4 rings (SSSR count). The van der Waals surface area contributed by atoms with E-state index in [0.717, 1.165) is 45.6 Å². The van der Waals surface area contributed by atoms with Crippen molar-refractivity contribution in [1.29, 1.82) is 0 Å².